The van der Waals surface area contributed by atoms with E-state index in [-0.39, 0.29) is 0 Å². The highest BCUT2D eigenvalue weighted by Gasteiger charge is 2.06. The molecule has 0 aliphatic rings. The Morgan fingerprint density at radius 1 is 1.36 bits per heavy atom. The number of rotatable bonds is 2. The van der Waals surface area contributed by atoms with Gasteiger partial charge in [-0.05, 0) is 24.5 Å². The zero-order valence-electron chi connectivity index (χ0n) is 8.45. The lowest BCUT2D eigenvalue weighted by molar-refractivity contribution is 1.11. The van der Waals surface area contributed by atoms with Gasteiger partial charge < -0.3 is 0 Å². The summed E-state index contributed by atoms with van der Waals surface area (Å²) in [6, 6.07) is 6.45. The predicted molar refractivity (Wildman–Crippen MR) is 61.7 cm³/mol. The first kappa shape index (κ1) is 9.41. The molecule has 72 valence electrons. The molecule has 0 atom stereocenters. The van der Waals surface area contributed by atoms with E-state index >= 15 is 0 Å². The van der Waals surface area contributed by atoms with Crippen molar-refractivity contribution in [3.63, 3.8) is 0 Å². The Balaban J connectivity index is 2.54. The highest BCUT2D eigenvalue weighted by Crippen LogP contribution is 2.27. The summed E-state index contributed by atoms with van der Waals surface area (Å²) in [5.74, 6) is 0. The van der Waals surface area contributed by atoms with Gasteiger partial charge in [0.25, 0.3) is 0 Å². The number of thiazole rings is 1. The lowest BCUT2D eigenvalue weighted by Gasteiger charge is -2.06. The third kappa shape index (κ3) is 1.58. The Kier molecular flexibility index (Phi) is 2.64. The van der Waals surface area contributed by atoms with Gasteiger partial charge in [-0.2, -0.15) is 0 Å². The van der Waals surface area contributed by atoms with Gasteiger partial charge >= 0.3 is 0 Å². The number of hydrogen-bond acceptors (Lipinski definition) is 2. The van der Waals surface area contributed by atoms with Crippen LogP contribution in [0.25, 0.3) is 10.6 Å². The summed E-state index contributed by atoms with van der Waals surface area (Å²) in [4.78, 5) is 4.34. The van der Waals surface area contributed by atoms with E-state index < -0.39 is 0 Å². The van der Waals surface area contributed by atoms with Crippen LogP contribution in [0.15, 0.2) is 29.8 Å². The van der Waals surface area contributed by atoms with Crippen LogP contribution >= 0.6 is 11.3 Å². The molecule has 1 aromatic heterocycles. The van der Waals surface area contributed by atoms with Crippen molar-refractivity contribution in [2.24, 2.45) is 0 Å². The minimum Gasteiger partial charge on any atom is -0.245 e. The smallest absolute Gasteiger partial charge is 0.123 e. The highest BCUT2D eigenvalue weighted by molar-refractivity contribution is 7.13. The average Bonchev–Trinajstić information content (AvgIpc) is 2.71. The molecule has 0 aliphatic carbocycles. The lowest BCUT2D eigenvalue weighted by atomic mass is 10.0. The SMILES string of the molecule is CCc1cccc(-c2nccs2)c1C. The van der Waals surface area contributed by atoms with Crippen molar-refractivity contribution in [2.75, 3.05) is 0 Å². The number of aryl methyl sites for hydroxylation is 1. The highest BCUT2D eigenvalue weighted by atomic mass is 32.1. The van der Waals surface area contributed by atoms with E-state index in [9.17, 15) is 0 Å². The summed E-state index contributed by atoms with van der Waals surface area (Å²) in [5, 5.41) is 3.14. The van der Waals surface area contributed by atoms with E-state index in [0.29, 0.717) is 0 Å². The van der Waals surface area contributed by atoms with E-state index in [1.54, 1.807) is 11.3 Å². The van der Waals surface area contributed by atoms with E-state index in [1.165, 1.54) is 16.7 Å². The molecule has 0 saturated carbocycles. The second-order valence-electron chi connectivity index (χ2n) is 3.28. The first-order valence-electron chi connectivity index (χ1n) is 4.81. The van der Waals surface area contributed by atoms with Crippen LogP contribution in [0.5, 0.6) is 0 Å². The Morgan fingerprint density at radius 2 is 2.21 bits per heavy atom. The van der Waals surface area contributed by atoms with Crippen molar-refractivity contribution < 1.29 is 0 Å². The standard InChI is InChI=1S/C12H13NS/c1-3-10-5-4-6-11(9(10)2)12-13-7-8-14-12/h4-8H,3H2,1-2H3. The fourth-order valence-corrected chi connectivity index (χ4v) is 2.38. The molecule has 0 amide bonds. The molecule has 1 nitrogen and oxygen atoms in total. The summed E-state index contributed by atoms with van der Waals surface area (Å²) in [6.45, 7) is 4.36. The molecule has 2 rings (SSSR count). The largest absolute Gasteiger partial charge is 0.245 e. The van der Waals surface area contributed by atoms with Crippen LogP contribution in [0.2, 0.25) is 0 Å². The molecule has 0 radical (unpaired) electrons. The quantitative estimate of drug-likeness (QED) is 0.725. The van der Waals surface area contributed by atoms with Gasteiger partial charge in [-0.3, -0.25) is 0 Å². The minimum atomic E-state index is 1.09. The number of aromatic nitrogens is 1. The zero-order valence-corrected chi connectivity index (χ0v) is 9.27. The molecule has 14 heavy (non-hydrogen) atoms. The maximum Gasteiger partial charge on any atom is 0.123 e. The van der Waals surface area contributed by atoms with Crippen molar-refractivity contribution in [3.8, 4) is 10.6 Å². The monoisotopic (exact) mass is 203 g/mol. The van der Waals surface area contributed by atoms with Crippen LogP contribution in [0, 0.1) is 6.92 Å². The number of hydrogen-bond donors (Lipinski definition) is 0. The van der Waals surface area contributed by atoms with Gasteiger partial charge in [0, 0.05) is 17.1 Å². The lowest BCUT2D eigenvalue weighted by Crippen LogP contribution is -1.89. The fourth-order valence-electron chi connectivity index (χ4n) is 1.65. The summed E-state index contributed by atoms with van der Waals surface area (Å²) in [5.41, 5.74) is 4.06. The zero-order chi connectivity index (χ0) is 9.97. The molecular weight excluding hydrogens is 190 g/mol. The molecule has 0 saturated heterocycles. The Bertz CT molecular complexity index is 418. The Labute approximate surface area is 88.4 Å². The minimum absolute atomic E-state index is 1.09. The molecule has 2 heteroatoms. The molecule has 0 N–H and O–H groups in total. The van der Waals surface area contributed by atoms with Crippen molar-refractivity contribution in [3.05, 3.63) is 40.9 Å². The molecule has 0 fully saturated rings. The normalized spacial score (nSPS) is 10.4. The van der Waals surface area contributed by atoms with Crippen molar-refractivity contribution in [1.82, 2.24) is 4.98 Å². The maximum atomic E-state index is 4.34. The van der Waals surface area contributed by atoms with Crippen molar-refractivity contribution >= 4 is 11.3 Å². The number of nitrogens with zero attached hydrogens (tertiary/aromatic N) is 1. The van der Waals surface area contributed by atoms with Gasteiger partial charge in [-0.25, -0.2) is 4.98 Å². The Hall–Kier alpha value is -1.15. The molecule has 1 aromatic carbocycles. The van der Waals surface area contributed by atoms with E-state index in [1.807, 2.05) is 11.6 Å². The van der Waals surface area contributed by atoms with Crippen molar-refractivity contribution in [2.45, 2.75) is 20.3 Å². The Morgan fingerprint density at radius 3 is 2.86 bits per heavy atom. The summed E-state index contributed by atoms with van der Waals surface area (Å²) < 4.78 is 0. The van der Waals surface area contributed by atoms with Gasteiger partial charge in [-0.15, -0.1) is 11.3 Å². The molecule has 0 bridgehead atoms. The predicted octanol–water partition coefficient (Wildman–Crippen LogP) is 3.68. The summed E-state index contributed by atoms with van der Waals surface area (Å²) in [6.07, 6.45) is 2.95. The number of benzene rings is 1. The van der Waals surface area contributed by atoms with Gasteiger partial charge in [0.05, 0.1) is 0 Å². The van der Waals surface area contributed by atoms with Gasteiger partial charge in [0.15, 0.2) is 0 Å². The van der Waals surface area contributed by atoms with E-state index in [4.69, 9.17) is 0 Å². The topological polar surface area (TPSA) is 12.9 Å². The second-order valence-corrected chi connectivity index (χ2v) is 4.18. The van der Waals surface area contributed by atoms with Crippen LogP contribution in [0.3, 0.4) is 0 Å². The van der Waals surface area contributed by atoms with Crippen LogP contribution in [-0.2, 0) is 6.42 Å². The van der Waals surface area contributed by atoms with Crippen LogP contribution < -0.4 is 0 Å². The molecule has 0 unspecified atom stereocenters. The van der Waals surface area contributed by atoms with E-state index in [2.05, 4.69) is 37.0 Å². The average molecular weight is 203 g/mol. The first-order chi connectivity index (χ1) is 6.83. The summed E-state index contributed by atoms with van der Waals surface area (Å²) >= 11 is 1.70. The van der Waals surface area contributed by atoms with Crippen LogP contribution in [0.1, 0.15) is 18.1 Å². The molecular formula is C12H13NS. The third-order valence-corrected chi connectivity index (χ3v) is 3.30. The van der Waals surface area contributed by atoms with Gasteiger partial charge in [-0.1, -0.05) is 25.1 Å². The molecule has 0 aliphatic heterocycles. The fraction of sp³-hybridized carbons (Fsp3) is 0.250. The van der Waals surface area contributed by atoms with Gasteiger partial charge in [0.2, 0.25) is 0 Å². The molecule has 0 spiro atoms. The first-order valence-corrected chi connectivity index (χ1v) is 5.69. The van der Waals surface area contributed by atoms with Crippen LogP contribution in [0.4, 0.5) is 0 Å². The van der Waals surface area contributed by atoms with Crippen molar-refractivity contribution in [1.29, 1.82) is 0 Å². The van der Waals surface area contributed by atoms with Gasteiger partial charge in [0.1, 0.15) is 5.01 Å². The molecule has 1 heterocycles. The second kappa shape index (κ2) is 3.93. The molecule has 2 aromatic rings. The summed E-state index contributed by atoms with van der Waals surface area (Å²) in [7, 11) is 0. The van der Waals surface area contributed by atoms with E-state index in [0.717, 1.165) is 11.4 Å². The third-order valence-electron chi connectivity index (χ3n) is 2.49. The maximum absolute atomic E-state index is 4.34. The van der Waals surface area contributed by atoms with Crippen LogP contribution in [-0.4, -0.2) is 4.98 Å².